The molecule has 0 aliphatic carbocycles. The minimum atomic E-state index is 0.0876. The Morgan fingerprint density at radius 1 is 0.612 bits per heavy atom. The van der Waals surface area contributed by atoms with Gasteiger partial charge in [0.2, 0.25) is 5.95 Å². The van der Waals surface area contributed by atoms with Crippen LogP contribution in [0.5, 0.6) is 23.0 Å². The number of benzene rings is 4. The first-order valence-electron chi connectivity index (χ1n) is 21.5. The van der Waals surface area contributed by atoms with Gasteiger partial charge in [0, 0.05) is 72.5 Å². The van der Waals surface area contributed by atoms with Crippen molar-refractivity contribution < 1.29 is 18.9 Å². The number of fused-ring (bicyclic) bond motifs is 2. The monoisotopic (exact) mass is 958 g/mol. The molecule has 10 rings (SSSR count). The van der Waals surface area contributed by atoms with E-state index < -0.39 is 0 Å². The zero-order valence-electron chi connectivity index (χ0n) is 38.1. The van der Waals surface area contributed by atoms with Crippen molar-refractivity contribution in [3.8, 4) is 45.3 Å². The topological polar surface area (TPSA) is 159 Å². The van der Waals surface area contributed by atoms with Gasteiger partial charge in [-0.1, -0.05) is 60.7 Å². The van der Waals surface area contributed by atoms with Crippen LogP contribution in [0, 0.1) is 13.8 Å². The van der Waals surface area contributed by atoms with Crippen molar-refractivity contribution in [3.05, 3.63) is 173 Å². The van der Waals surface area contributed by atoms with Crippen molar-refractivity contribution in [2.24, 2.45) is 0 Å². The maximum absolute atomic E-state index is 5.96. The van der Waals surface area contributed by atoms with Gasteiger partial charge in [0.25, 0.3) is 0 Å². The van der Waals surface area contributed by atoms with Crippen molar-refractivity contribution in [2.45, 2.75) is 25.9 Å². The summed E-state index contributed by atoms with van der Waals surface area (Å²) in [6.07, 6.45) is 7.01. The lowest BCUT2D eigenvalue weighted by molar-refractivity contribution is 0.264. The van der Waals surface area contributed by atoms with E-state index in [0.717, 1.165) is 68.2 Å². The standard InChI is InChI=1S/C26H25N5O2.C13H12BrN3O.C13H14N2O/c1-17-13-19(11-12-27-17)21-10-9-20(14-23(21)32-3)29-26-28-15-24-25(30-26)31(2)22(16-33-24)18-7-5-4-6-8-18;1-17-10(9-5-3-2-4-6-9)8-18-11-7-15-13(14)16-12(11)17;1-9-7-10(5-6-15-9)12-4-3-11(14)8-13(12)16-2/h4-15,22H,16H2,1-3H3,(H,28,29,30);2-7,10H,8H2,1H3;3-8H,14H2,1-2H3. The molecule has 8 aromatic rings. The molecule has 2 atom stereocenters. The van der Waals surface area contributed by atoms with E-state index in [2.05, 4.69) is 80.2 Å². The summed E-state index contributed by atoms with van der Waals surface area (Å²) in [5, 5.41) is 3.30. The largest absolute Gasteiger partial charge is 0.496 e. The number of aryl methyl sites for hydroxylation is 2. The number of nitrogens with two attached hydrogens (primary N) is 1. The summed E-state index contributed by atoms with van der Waals surface area (Å²) in [7, 11) is 7.37. The van der Waals surface area contributed by atoms with E-state index >= 15 is 0 Å². The van der Waals surface area contributed by atoms with Crippen molar-refractivity contribution in [3.63, 3.8) is 0 Å². The van der Waals surface area contributed by atoms with Gasteiger partial charge < -0.3 is 39.8 Å². The minimum absolute atomic E-state index is 0.0876. The summed E-state index contributed by atoms with van der Waals surface area (Å²) in [6, 6.07) is 40.5. The molecule has 15 heteroatoms. The van der Waals surface area contributed by atoms with E-state index in [-0.39, 0.29) is 12.1 Å². The van der Waals surface area contributed by atoms with E-state index in [1.165, 1.54) is 11.1 Å². The molecule has 14 nitrogen and oxygen atoms in total. The van der Waals surface area contributed by atoms with Crippen LogP contribution >= 0.6 is 15.9 Å². The molecule has 0 spiro atoms. The Labute approximate surface area is 399 Å². The van der Waals surface area contributed by atoms with E-state index in [4.69, 9.17) is 29.7 Å². The number of nitrogen functional groups attached to an aromatic ring is 1. The maximum Gasteiger partial charge on any atom is 0.229 e. The molecule has 0 amide bonds. The summed E-state index contributed by atoms with van der Waals surface area (Å²) < 4.78 is 23.2. The molecule has 4 aromatic carbocycles. The van der Waals surface area contributed by atoms with E-state index in [1.54, 1.807) is 39.0 Å². The molecule has 0 radical (unpaired) electrons. The lowest BCUT2D eigenvalue weighted by atomic mass is 10.0. The maximum atomic E-state index is 5.96. The van der Waals surface area contributed by atoms with Crippen LogP contribution in [0.25, 0.3) is 22.3 Å². The zero-order chi connectivity index (χ0) is 46.9. The highest BCUT2D eigenvalue weighted by Gasteiger charge is 2.29. The van der Waals surface area contributed by atoms with Crippen molar-refractivity contribution in [1.29, 1.82) is 0 Å². The first-order chi connectivity index (χ1) is 32.6. The van der Waals surface area contributed by atoms with Crippen LogP contribution in [0.2, 0.25) is 0 Å². The van der Waals surface area contributed by atoms with Gasteiger partial charge >= 0.3 is 0 Å². The third-order valence-corrected chi connectivity index (χ3v) is 11.7. The highest BCUT2D eigenvalue weighted by Crippen LogP contribution is 2.39. The number of nitrogens with zero attached hydrogens (tertiary/aromatic N) is 8. The number of anilines is 5. The zero-order valence-corrected chi connectivity index (χ0v) is 39.7. The molecule has 67 heavy (non-hydrogen) atoms. The summed E-state index contributed by atoms with van der Waals surface area (Å²) in [5.74, 6) is 5.01. The number of nitrogens with one attached hydrogen (secondary N) is 1. The van der Waals surface area contributed by atoms with E-state index in [1.807, 2.05) is 125 Å². The first kappa shape index (κ1) is 45.8. The number of pyridine rings is 2. The number of ether oxygens (including phenoxy) is 4. The Balaban J connectivity index is 0.000000150. The SMILES string of the molecule is CN1c2nc(Br)ncc2OCC1c1ccccc1.COc1cc(N)ccc1-c1ccnc(C)c1.COc1cc(Nc2ncc3c(n2)N(C)C(c2ccccc2)CO3)ccc1-c1ccnc(C)c1. The van der Waals surface area contributed by atoms with Gasteiger partial charge in [-0.2, -0.15) is 4.98 Å². The lowest BCUT2D eigenvalue weighted by Crippen LogP contribution is -2.34. The molecular formula is C52H51BrN10O4. The van der Waals surface area contributed by atoms with Crippen molar-refractivity contribution >= 4 is 44.9 Å². The fourth-order valence-corrected chi connectivity index (χ4v) is 8.10. The van der Waals surface area contributed by atoms with Crippen LogP contribution < -0.4 is 39.8 Å². The number of rotatable bonds is 8. The fraction of sp³-hybridized carbons (Fsp3) is 0.192. The second-order valence-electron chi connectivity index (χ2n) is 15.8. The van der Waals surface area contributed by atoms with E-state index in [0.29, 0.717) is 35.3 Å². The number of halogens is 1. The molecule has 0 fully saturated rings. The molecule has 0 bridgehead atoms. The van der Waals surface area contributed by atoms with Gasteiger partial charge in [-0.25, -0.2) is 15.0 Å². The predicted molar refractivity (Wildman–Crippen MR) is 268 cm³/mol. The Hall–Kier alpha value is -7.78. The third kappa shape index (κ3) is 10.9. The summed E-state index contributed by atoms with van der Waals surface area (Å²) in [6.45, 7) is 5.10. The van der Waals surface area contributed by atoms with E-state index in [9.17, 15) is 0 Å². The van der Waals surface area contributed by atoms with Gasteiger partial charge in [-0.3, -0.25) is 9.97 Å². The second kappa shape index (κ2) is 21.0. The lowest BCUT2D eigenvalue weighted by Gasteiger charge is -2.34. The molecule has 0 saturated heterocycles. The smallest absolute Gasteiger partial charge is 0.229 e. The number of hydrogen-bond acceptors (Lipinski definition) is 14. The average molecular weight is 960 g/mol. The normalized spacial score (nSPS) is 14.6. The van der Waals surface area contributed by atoms with Crippen LogP contribution in [0.3, 0.4) is 0 Å². The summed E-state index contributed by atoms with van der Waals surface area (Å²) >= 11 is 3.29. The van der Waals surface area contributed by atoms with Gasteiger partial charge in [0.05, 0.1) is 38.7 Å². The first-order valence-corrected chi connectivity index (χ1v) is 22.3. The summed E-state index contributed by atoms with van der Waals surface area (Å²) in [5.41, 5.74) is 15.8. The number of aromatic nitrogens is 6. The highest BCUT2D eigenvalue weighted by atomic mass is 79.9. The minimum Gasteiger partial charge on any atom is -0.496 e. The van der Waals surface area contributed by atoms with Gasteiger partial charge in [0.15, 0.2) is 27.9 Å². The quantitative estimate of drug-likeness (QED) is 0.109. The fourth-order valence-electron chi connectivity index (χ4n) is 7.83. The Morgan fingerprint density at radius 3 is 1.66 bits per heavy atom. The third-order valence-electron chi connectivity index (χ3n) is 11.3. The highest BCUT2D eigenvalue weighted by molar-refractivity contribution is 9.10. The van der Waals surface area contributed by atoms with Crippen LogP contribution in [-0.4, -0.2) is 71.4 Å². The van der Waals surface area contributed by atoms with Crippen LogP contribution in [0.1, 0.15) is 34.6 Å². The molecule has 2 unspecified atom stereocenters. The Kier molecular flexibility index (Phi) is 14.4. The molecule has 4 aromatic heterocycles. The van der Waals surface area contributed by atoms with Crippen molar-refractivity contribution in [2.75, 3.05) is 62.4 Å². The molecule has 0 saturated carbocycles. The predicted octanol–water partition coefficient (Wildman–Crippen LogP) is 10.6. The van der Waals surface area contributed by atoms with Crippen molar-refractivity contribution in [1.82, 2.24) is 29.9 Å². The molecule has 6 heterocycles. The van der Waals surface area contributed by atoms with Gasteiger partial charge in [0.1, 0.15) is 24.7 Å². The van der Waals surface area contributed by atoms with Crippen LogP contribution in [0.15, 0.2) is 151 Å². The van der Waals surface area contributed by atoms with Crippen LogP contribution in [-0.2, 0) is 0 Å². The number of hydrogen-bond donors (Lipinski definition) is 2. The summed E-state index contributed by atoms with van der Waals surface area (Å²) in [4.78, 5) is 30.4. The Morgan fingerprint density at radius 2 is 1.12 bits per heavy atom. The number of likely N-dealkylation sites (N-methyl/N-ethyl adjacent to an activating group) is 2. The second-order valence-corrected chi connectivity index (χ2v) is 16.5. The van der Waals surface area contributed by atoms with Gasteiger partial charge in [-0.15, -0.1) is 0 Å². The number of methoxy groups -OCH3 is 2. The average Bonchev–Trinajstić information content (AvgIpc) is 3.35. The molecular weight excluding hydrogens is 909 g/mol. The molecule has 3 N–H and O–H groups in total. The molecule has 2 aliphatic heterocycles. The molecule has 2 aliphatic rings. The van der Waals surface area contributed by atoms with Gasteiger partial charge in [-0.05, 0) is 101 Å². The Bertz CT molecular complexity index is 2950. The molecule has 340 valence electrons. The van der Waals surface area contributed by atoms with Crippen LogP contribution in [0.4, 0.5) is 29.0 Å².